The van der Waals surface area contributed by atoms with Gasteiger partial charge in [-0.2, -0.15) is 0 Å². The van der Waals surface area contributed by atoms with Crippen molar-refractivity contribution in [2.45, 2.75) is 31.7 Å². The van der Waals surface area contributed by atoms with Crippen molar-refractivity contribution in [2.24, 2.45) is 0 Å². The van der Waals surface area contributed by atoms with Gasteiger partial charge in [-0.3, -0.25) is 19.3 Å². The highest BCUT2D eigenvalue weighted by atomic mass is 16.5. The fourth-order valence-electron chi connectivity index (χ4n) is 4.24. The summed E-state index contributed by atoms with van der Waals surface area (Å²) < 4.78 is 10.4. The van der Waals surface area contributed by atoms with E-state index in [-0.39, 0.29) is 12.3 Å². The molecule has 35 heavy (non-hydrogen) atoms. The Morgan fingerprint density at radius 3 is 2.51 bits per heavy atom. The predicted octanol–water partition coefficient (Wildman–Crippen LogP) is 1.92. The van der Waals surface area contributed by atoms with Gasteiger partial charge >= 0.3 is 6.03 Å². The van der Waals surface area contributed by atoms with Crippen molar-refractivity contribution in [2.75, 3.05) is 37.5 Å². The van der Waals surface area contributed by atoms with Crippen LogP contribution in [0.2, 0.25) is 0 Å². The van der Waals surface area contributed by atoms with Crippen molar-refractivity contribution >= 4 is 35.1 Å². The van der Waals surface area contributed by atoms with Gasteiger partial charge in [-0.25, -0.2) is 4.79 Å². The third kappa shape index (κ3) is 4.84. The Kier molecular flexibility index (Phi) is 6.51. The number of anilines is 2. The van der Waals surface area contributed by atoms with E-state index in [9.17, 15) is 19.2 Å². The molecule has 0 aromatic heterocycles. The summed E-state index contributed by atoms with van der Waals surface area (Å²) in [7, 11) is 2.97. The Hall–Kier alpha value is -4.26. The van der Waals surface area contributed by atoms with Crippen LogP contribution in [0, 0.1) is 12.1 Å². The summed E-state index contributed by atoms with van der Waals surface area (Å²) in [5.74, 6) is -0.163. The number of methoxy groups -OCH3 is 2. The van der Waals surface area contributed by atoms with Crippen LogP contribution in [0.3, 0.4) is 0 Å². The van der Waals surface area contributed by atoms with Gasteiger partial charge in [0.1, 0.15) is 12.1 Å². The molecule has 2 aliphatic heterocycles. The van der Waals surface area contributed by atoms with Crippen LogP contribution in [0.5, 0.6) is 11.5 Å². The summed E-state index contributed by atoms with van der Waals surface area (Å²) in [6, 6.07) is 13.6. The van der Waals surface area contributed by atoms with Crippen LogP contribution in [0.4, 0.5) is 16.2 Å². The van der Waals surface area contributed by atoms with Crippen molar-refractivity contribution in [1.29, 1.82) is 0 Å². The summed E-state index contributed by atoms with van der Waals surface area (Å²) in [6.45, 7) is 1.83. The maximum absolute atomic E-state index is 13.1. The zero-order chi connectivity index (χ0) is 25.2. The van der Waals surface area contributed by atoms with E-state index in [0.29, 0.717) is 35.7 Å². The van der Waals surface area contributed by atoms with Gasteiger partial charge in [0, 0.05) is 36.3 Å². The predicted molar refractivity (Wildman–Crippen MR) is 126 cm³/mol. The first kappa shape index (κ1) is 23.9. The molecule has 0 spiro atoms. The molecule has 0 unspecified atom stereocenters. The van der Waals surface area contributed by atoms with E-state index in [1.165, 1.54) is 14.2 Å². The largest absolute Gasteiger partial charge is 0.492 e. The molecule has 10 heteroatoms. The van der Waals surface area contributed by atoms with Crippen LogP contribution in [0.25, 0.3) is 0 Å². The molecule has 2 aliphatic rings. The topological polar surface area (TPSA) is 117 Å². The second-order valence-corrected chi connectivity index (χ2v) is 8.60. The number of amides is 5. The maximum Gasteiger partial charge on any atom is 0.325 e. The SMILES string of the molecule is COc1c#cc(C[C@@]2(C)NC(=O)N(CC(=O)Nc3ccc(N4CCCC4=O)cc3)C2=O)cc1OC. The lowest BCUT2D eigenvalue weighted by Gasteiger charge is -2.21. The molecular weight excluding hydrogens is 452 g/mol. The molecule has 2 aromatic carbocycles. The van der Waals surface area contributed by atoms with E-state index < -0.39 is 29.9 Å². The van der Waals surface area contributed by atoms with Crippen LogP contribution in [-0.4, -0.2) is 61.5 Å². The Balaban J connectivity index is 1.39. The van der Waals surface area contributed by atoms with Crippen LogP contribution >= 0.6 is 0 Å². The summed E-state index contributed by atoms with van der Waals surface area (Å²) in [4.78, 5) is 52.7. The Labute approximate surface area is 203 Å². The quantitative estimate of drug-likeness (QED) is 0.560. The number of carbonyl (C=O) groups excluding carboxylic acids is 4. The Morgan fingerprint density at radius 1 is 1.14 bits per heavy atom. The minimum Gasteiger partial charge on any atom is -0.492 e. The van der Waals surface area contributed by atoms with Crippen LogP contribution in [0.15, 0.2) is 30.3 Å². The third-order valence-electron chi connectivity index (χ3n) is 6.02. The van der Waals surface area contributed by atoms with Gasteiger partial charge in [-0.1, -0.05) is 6.07 Å². The second kappa shape index (κ2) is 9.54. The lowest BCUT2D eigenvalue weighted by atomic mass is 9.93. The van der Waals surface area contributed by atoms with Gasteiger partial charge in [0.05, 0.1) is 14.2 Å². The van der Waals surface area contributed by atoms with Crippen LogP contribution < -0.4 is 25.0 Å². The molecule has 0 aliphatic carbocycles. The van der Waals surface area contributed by atoms with E-state index in [0.717, 1.165) is 17.0 Å². The standard InChI is InChI=1S/C25H26N4O6/c1-25(14-16-6-11-19(34-2)20(13-16)35-3)23(32)29(24(33)27-25)15-21(30)26-17-7-9-18(10-8-17)28-12-4-5-22(28)31/h7-10,13H,4-5,12,14-15H2,1-3H3,(H,26,30)(H,27,33)/t25-/m1/s1. The highest BCUT2D eigenvalue weighted by Crippen LogP contribution is 2.28. The second-order valence-electron chi connectivity index (χ2n) is 8.60. The molecule has 2 fully saturated rings. The van der Waals surface area contributed by atoms with Crippen LogP contribution in [-0.2, 0) is 20.8 Å². The lowest BCUT2D eigenvalue weighted by molar-refractivity contribution is -0.133. The molecule has 0 saturated carbocycles. The number of hydrogen-bond donors (Lipinski definition) is 2. The molecule has 2 aromatic rings. The molecule has 2 saturated heterocycles. The molecular formula is C25H26N4O6. The number of urea groups is 1. The molecule has 0 bridgehead atoms. The lowest BCUT2D eigenvalue weighted by Crippen LogP contribution is -2.46. The molecule has 182 valence electrons. The van der Waals surface area contributed by atoms with Crippen molar-refractivity contribution in [1.82, 2.24) is 10.2 Å². The molecule has 2 heterocycles. The van der Waals surface area contributed by atoms with Crippen molar-refractivity contribution in [3.63, 3.8) is 0 Å². The van der Waals surface area contributed by atoms with Crippen LogP contribution in [0.1, 0.15) is 25.3 Å². The first-order valence-corrected chi connectivity index (χ1v) is 11.1. The number of imide groups is 1. The third-order valence-corrected chi connectivity index (χ3v) is 6.02. The number of ether oxygens (including phenoxy) is 2. The average molecular weight is 479 g/mol. The molecule has 1 atom stereocenters. The van der Waals surface area contributed by atoms with Gasteiger partial charge in [0.25, 0.3) is 5.91 Å². The zero-order valence-corrected chi connectivity index (χ0v) is 19.8. The van der Waals surface area contributed by atoms with Gasteiger partial charge in [-0.05, 0) is 49.7 Å². The molecule has 2 N–H and O–H groups in total. The average Bonchev–Trinajstić information content (AvgIpc) is 3.35. The van der Waals surface area contributed by atoms with Gasteiger partial charge < -0.3 is 25.0 Å². The fourth-order valence-corrected chi connectivity index (χ4v) is 4.24. The molecule has 0 radical (unpaired) electrons. The number of rotatable bonds is 8. The van der Waals surface area contributed by atoms with E-state index in [4.69, 9.17) is 9.47 Å². The molecule has 5 amide bonds. The Bertz CT molecular complexity index is 1170. The summed E-state index contributed by atoms with van der Waals surface area (Å²) in [5.41, 5.74) is 0.586. The van der Waals surface area contributed by atoms with E-state index >= 15 is 0 Å². The first-order valence-electron chi connectivity index (χ1n) is 11.1. The number of carbonyl (C=O) groups is 4. The zero-order valence-electron chi connectivity index (χ0n) is 19.8. The van der Waals surface area contributed by atoms with E-state index in [2.05, 4.69) is 22.8 Å². The summed E-state index contributed by atoms with van der Waals surface area (Å²) in [6.07, 6.45) is 1.49. The summed E-state index contributed by atoms with van der Waals surface area (Å²) in [5, 5.41) is 5.36. The first-order chi connectivity index (χ1) is 16.7. The van der Waals surface area contributed by atoms with Gasteiger partial charge in [0.15, 0.2) is 5.75 Å². The van der Waals surface area contributed by atoms with Gasteiger partial charge in [0.2, 0.25) is 17.6 Å². The van der Waals surface area contributed by atoms with Crippen molar-refractivity contribution in [3.8, 4) is 11.5 Å². The molecule has 4 rings (SSSR count). The maximum atomic E-state index is 13.1. The smallest absolute Gasteiger partial charge is 0.325 e. The number of nitrogens with zero attached hydrogens (tertiary/aromatic N) is 2. The van der Waals surface area contributed by atoms with E-state index in [1.807, 2.05) is 0 Å². The molecule has 10 nitrogen and oxygen atoms in total. The van der Waals surface area contributed by atoms with Gasteiger partial charge in [-0.15, -0.1) is 0 Å². The van der Waals surface area contributed by atoms with Crippen molar-refractivity contribution < 1.29 is 28.7 Å². The van der Waals surface area contributed by atoms with Crippen molar-refractivity contribution in [3.05, 3.63) is 48.0 Å². The fraction of sp³-hybridized carbons (Fsp3) is 0.360. The highest BCUT2D eigenvalue weighted by molar-refractivity contribution is 6.10. The number of nitrogens with one attached hydrogen (secondary N) is 2. The number of hydrogen-bond acceptors (Lipinski definition) is 6. The summed E-state index contributed by atoms with van der Waals surface area (Å²) >= 11 is 0. The normalized spacial score (nSPS) is 19.5. The highest BCUT2D eigenvalue weighted by Gasteiger charge is 2.48. The number of benzene rings is 1. The van der Waals surface area contributed by atoms with E-state index in [1.54, 1.807) is 42.2 Å². The monoisotopic (exact) mass is 478 g/mol. The minimum atomic E-state index is -1.26. The Morgan fingerprint density at radius 2 is 1.89 bits per heavy atom. The minimum absolute atomic E-state index is 0.0759.